The van der Waals surface area contributed by atoms with E-state index in [1.807, 2.05) is 12.3 Å². The molecule has 0 saturated heterocycles. The van der Waals surface area contributed by atoms with Crippen LogP contribution in [0, 0.1) is 11.7 Å². The van der Waals surface area contributed by atoms with Gasteiger partial charge in [0.15, 0.2) is 0 Å². The maximum atomic E-state index is 13.9. The van der Waals surface area contributed by atoms with Crippen LogP contribution in [-0.4, -0.2) is 15.6 Å². The largest absolute Gasteiger partial charge is 0.481 e. The first-order chi connectivity index (χ1) is 9.08. The molecule has 1 saturated carbocycles. The third kappa shape index (κ3) is 2.11. The predicted molar refractivity (Wildman–Crippen MR) is 70.6 cm³/mol. The summed E-state index contributed by atoms with van der Waals surface area (Å²) in [6.45, 7) is 0. The summed E-state index contributed by atoms with van der Waals surface area (Å²) in [7, 11) is 1.81. The molecule has 19 heavy (non-hydrogen) atoms. The van der Waals surface area contributed by atoms with Gasteiger partial charge in [-0.15, -0.1) is 0 Å². The third-order valence-electron chi connectivity index (χ3n) is 3.97. The van der Waals surface area contributed by atoms with E-state index in [2.05, 4.69) is 0 Å². The van der Waals surface area contributed by atoms with Crippen LogP contribution in [0.4, 0.5) is 4.39 Å². The molecule has 1 heterocycles. The van der Waals surface area contributed by atoms with Gasteiger partial charge in [-0.1, -0.05) is 12.1 Å². The van der Waals surface area contributed by atoms with Crippen LogP contribution in [0.1, 0.15) is 30.7 Å². The van der Waals surface area contributed by atoms with Crippen molar-refractivity contribution in [2.75, 3.05) is 0 Å². The average molecular weight is 261 g/mol. The van der Waals surface area contributed by atoms with Crippen LogP contribution in [0.2, 0.25) is 0 Å². The van der Waals surface area contributed by atoms with Crippen molar-refractivity contribution in [3.8, 4) is 0 Å². The molecule has 1 fully saturated rings. The fraction of sp³-hybridized carbons (Fsp3) is 0.400. The van der Waals surface area contributed by atoms with Gasteiger partial charge in [-0.2, -0.15) is 0 Å². The van der Waals surface area contributed by atoms with E-state index < -0.39 is 5.97 Å². The zero-order valence-corrected chi connectivity index (χ0v) is 10.8. The minimum Gasteiger partial charge on any atom is -0.481 e. The van der Waals surface area contributed by atoms with Crippen molar-refractivity contribution in [3.05, 3.63) is 35.8 Å². The van der Waals surface area contributed by atoms with Gasteiger partial charge in [-0.05, 0) is 36.3 Å². The molecule has 0 bridgehead atoms. The van der Waals surface area contributed by atoms with Gasteiger partial charge in [0.25, 0.3) is 0 Å². The zero-order valence-electron chi connectivity index (χ0n) is 10.8. The Morgan fingerprint density at radius 3 is 2.89 bits per heavy atom. The monoisotopic (exact) mass is 261 g/mol. The van der Waals surface area contributed by atoms with Gasteiger partial charge in [-0.3, -0.25) is 4.79 Å². The van der Waals surface area contributed by atoms with E-state index in [0.717, 1.165) is 23.8 Å². The topological polar surface area (TPSA) is 42.2 Å². The van der Waals surface area contributed by atoms with Crippen molar-refractivity contribution in [2.24, 2.45) is 13.0 Å². The lowest BCUT2D eigenvalue weighted by Gasteiger charge is -2.13. The number of rotatable bonds is 4. The van der Waals surface area contributed by atoms with E-state index in [1.165, 1.54) is 6.07 Å². The highest BCUT2D eigenvalue weighted by Gasteiger charge is 2.35. The molecular weight excluding hydrogens is 245 g/mol. The fourth-order valence-corrected chi connectivity index (χ4v) is 2.96. The van der Waals surface area contributed by atoms with Crippen LogP contribution < -0.4 is 0 Å². The summed E-state index contributed by atoms with van der Waals surface area (Å²) in [4.78, 5) is 11.0. The molecule has 0 aliphatic heterocycles. The maximum Gasteiger partial charge on any atom is 0.303 e. The Morgan fingerprint density at radius 1 is 1.53 bits per heavy atom. The molecule has 1 atom stereocenters. The summed E-state index contributed by atoms with van der Waals surface area (Å²) < 4.78 is 15.6. The van der Waals surface area contributed by atoms with Gasteiger partial charge in [0.2, 0.25) is 0 Å². The Balaban J connectivity index is 2.13. The van der Waals surface area contributed by atoms with E-state index in [1.54, 1.807) is 17.7 Å². The number of aromatic nitrogens is 1. The van der Waals surface area contributed by atoms with Crippen LogP contribution in [0.15, 0.2) is 24.4 Å². The van der Waals surface area contributed by atoms with Crippen LogP contribution in [-0.2, 0) is 11.8 Å². The lowest BCUT2D eigenvalue weighted by Crippen LogP contribution is -2.08. The number of aliphatic carboxylic acids is 1. The second-order valence-electron chi connectivity index (χ2n) is 5.37. The third-order valence-corrected chi connectivity index (χ3v) is 3.97. The van der Waals surface area contributed by atoms with Crippen molar-refractivity contribution >= 4 is 16.9 Å². The highest BCUT2D eigenvalue weighted by atomic mass is 19.1. The van der Waals surface area contributed by atoms with Gasteiger partial charge in [0.05, 0.1) is 11.9 Å². The van der Waals surface area contributed by atoms with Crippen molar-refractivity contribution in [1.82, 2.24) is 4.57 Å². The van der Waals surface area contributed by atoms with Crippen molar-refractivity contribution in [3.63, 3.8) is 0 Å². The molecule has 1 aromatic carbocycles. The number of aryl methyl sites for hydroxylation is 1. The van der Waals surface area contributed by atoms with Crippen molar-refractivity contribution in [1.29, 1.82) is 0 Å². The Morgan fingerprint density at radius 2 is 2.26 bits per heavy atom. The summed E-state index contributed by atoms with van der Waals surface area (Å²) in [5.41, 5.74) is 1.54. The van der Waals surface area contributed by atoms with Crippen LogP contribution in [0.25, 0.3) is 10.9 Å². The lowest BCUT2D eigenvalue weighted by molar-refractivity contribution is -0.137. The van der Waals surface area contributed by atoms with Gasteiger partial charge in [0.1, 0.15) is 5.82 Å². The van der Waals surface area contributed by atoms with Crippen LogP contribution >= 0.6 is 0 Å². The second kappa shape index (κ2) is 4.37. The van der Waals surface area contributed by atoms with E-state index in [4.69, 9.17) is 5.11 Å². The summed E-state index contributed by atoms with van der Waals surface area (Å²) in [5.74, 6) is -0.602. The predicted octanol–water partition coefficient (Wildman–Crippen LogP) is 3.29. The first kappa shape index (κ1) is 12.2. The number of carbonyl (C=O) groups is 1. The molecule has 3 rings (SSSR count). The number of hydrogen-bond donors (Lipinski definition) is 1. The SMILES string of the molecule is Cn1cc(C(CC(=O)O)C2CC2)c2cccc(F)c21. The van der Waals surface area contributed by atoms with Gasteiger partial charge < -0.3 is 9.67 Å². The number of benzene rings is 1. The second-order valence-corrected chi connectivity index (χ2v) is 5.37. The summed E-state index contributed by atoms with van der Waals surface area (Å²) in [6, 6.07) is 5.01. The Labute approximate surface area is 110 Å². The van der Waals surface area contributed by atoms with E-state index in [9.17, 15) is 9.18 Å². The highest BCUT2D eigenvalue weighted by Crippen LogP contribution is 2.46. The quantitative estimate of drug-likeness (QED) is 0.917. The molecule has 0 spiro atoms. The lowest BCUT2D eigenvalue weighted by atomic mass is 9.91. The Bertz CT molecular complexity index is 643. The first-order valence-corrected chi connectivity index (χ1v) is 6.53. The van der Waals surface area contributed by atoms with Gasteiger partial charge in [-0.25, -0.2) is 4.39 Å². The smallest absolute Gasteiger partial charge is 0.303 e. The molecule has 0 amide bonds. The molecular formula is C15H16FNO2. The number of hydrogen-bond acceptors (Lipinski definition) is 1. The van der Waals surface area contributed by atoms with Gasteiger partial charge >= 0.3 is 5.97 Å². The minimum atomic E-state index is -0.787. The number of fused-ring (bicyclic) bond motifs is 1. The first-order valence-electron chi connectivity index (χ1n) is 6.53. The van der Waals surface area contributed by atoms with E-state index in [0.29, 0.717) is 11.4 Å². The van der Waals surface area contributed by atoms with Crippen LogP contribution in [0.3, 0.4) is 0 Å². The van der Waals surface area contributed by atoms with Crippen molar-refractivity contribution < 1.29 is 14.3 Å². The molecule has 1 N–H and O–H groups in total. The van der Waals surface area contributed by atoms with E-state index in [-0.39, 0.29) is 18.2 Å². The van der Waals surface area contributed by atoms with Gasteiger partial charge in [0, 0.05) is 18.6 Å². The van der Waals surface area contributed by atoms with E-state index >= 15 is 0 Å². The Hall–Kier alpha value is -1.84. The molecule has 100 valence electrons. The number of carboxylic acid groups (broad SMARTS) is 1. The molecule has 1 aromatic heterocycles. The summed E-state index contributed by atoms with van der Waals surface area (Å²) in [6.07, 6.45) is 4.16. The minimum absolute atomic E-state index is 0.00278. The molecule has 1 aliphatic carbocycles. The van der Waals surface area contributed by atoms with Crippen molar-refractivity contribution in [2.45, 2.75) is 25.2 Å². The number of halogens is 1. The normalized spacial score (nSPS) is 16.7. The Kier molecular flexibility index (Phi) is 2.81. The standard InChI is InChI=1S/C15H16FNO2/c1-17-8-12(10-3-2-4-13(16)15(10)17)11(7-14(18)19)9-5-6-9/h2-4,8-9,11H,5-7H2,1H3,(H,18,19). The van der Waals surface area contributed by atoms with Crippen LogP contribution in [0.5, 0.6) is 0 Å². The molecule has 4 heteroatoms. The molecule has 3 nitrogen and oxygen atoms in total. The highest BCUT2D eigenvalue weighted by molar-refractivity contribution is 5.85. The summed E-state index contributed by atoms with van der Waals surface area (Å²) >= 11 is 0. The molecule has 0 radical (unpaired) electrons. The molecule has 1 unspecified atom stereocenters. The molecule has 2 aromatic rings. The fourth-order valence-electron chi connectivity index (χ4n) is 2.96. The molecule has 1 aliphatic rings. The number of nitrogens with zero attached hydrogens (tertiary/aromatic N) is 1. The average Bonchev–Trinajstić information content (AvgIpc) is 3.12. The summed E-state index contributed by atoms with van der Waals surface area (Å²) in [5, 5.41) is 9.92. The number of para-hydroxylation sites is 1. The zero-order chi connectivity index (χ0) is 13.6. The number of carboxylic acids is 1. The maximum absolute atomic E-state index is 13.9.